The summed E-state index contributed by atoms with van der Waals surface area (Å²) in [4.78, 5) is 0. The van der Waals surface area contributed by atoms with E-state index >= 15 is 0 Å². The summed E-state index contributed by atoms with van der Waals surface area (Å²) >= 11 is 0. The van der Waals surface area contributed by atoms with E-state index < -0.39 is 0 Å². The molecule has 0 aromatic heterocycles. The molecule has 10 heavy (non-hydrogen) atoms. The van der Waals surface area contributed by atoms with Gasteiger partial charge in [0.1, 0.15) is 0 Å². The summed E-state index contributed by atoms with van der Waals surface area (Å²) in [5.74, 6) is 0. The van der Waals surface area contributed by atoms with Crippen LogP contribution in [0, 0.1) is 0 Å². The maximum Gasteiger partial charge on any atom is 0.0611 e. The molecule has 0 spiro atoms. The van der Waals surface area contributed by atoms with Crippen LogP contribution in [0.2, 0.25) is 0 Å². The molecule has 0 rings (SSSR count). The Morgan fingerprint density at radius 2 is 1.50 bits per heavy atom. The Kier molecular flexibility index (Phi) is 11.1. The molecule has 0 saturated carbocycles. The second-order valence-electron chi connectivity index (χ2n) is 2.68. The van der Waals surface area contributed by atoms with Gasteiger partial charge in [-0.1, -0.05) is 13.8 Å². The van der Waals surface area contributed by atoms with Gasteiger partial charge in [-0.25, -0.2) is 0 Å². The fraction of sp³-hybridized carbons (Fsp3) is 1.00. The number of nitrogens with two attached hydrogens (primary N) is 2. The van der Waals surface area contributed by atoms with E-state index in [1.807, 2.05) is 20.8 Å². The molecule has 0 aromatic rings. The van der Waals surface area contributed by atoms with Crippen LogP contribution in [-0.2, 0) is 4.74 Å². The Morgan fingerprint density at radius 3 is 1.50 bits per heavy atom. The maximum absolute atomic E-state index is 5.28. The van der Waals surface area contributed by atoms with Gasteiger partial charge >= 0.3 is 0 Å². The fourth-order valence-corrected chi connectivity index (χ4v) is 0.263. The molecular weight excluding hydrogens is 128 g/mol. The van der Waals surface area contributed by atoms with Crippen LogP contribution in [0.25, 0.3) is 0 Å². The zero-order chi connectivity index (χ0) is 8.57. The molecule has 4 N–H and O–H groups in total. The zero-order valence-corrected chi connectivity index (χ0v) is 7.42. The molecule has 1 atom stereocenters. The van der Waals surface area contributed by atoms with Crippen molar-refractivity contribution in [2.75, 3.05) is 13.7 Å². The van der Waals surface area contributed by atoms with Gasteiger partial charge in [-0.3, -0.25) is 0 Å². The maximum atomic E-state index is 5.28. The molecule has 0 heterocycles. The van der Waals surface area contributed by atoms with Gasteiger partial charge in [0.2, 0.25) is 0 Å². The van der Waals surface area contributed by atoms with Crippen molar-refractivity contribution in [3.8, 4) is 0 Å². The Labute approximate surface area is 63.7 Å². The molecule has 3 nitrogen and oxygen atoms in total. The van der Waals surface area contributed by atoms with Crippen LogP contribution in [0.1, 0.15) is 20.8 Å². The summed E-state index contributed by atoms with van der Waals surface area (Å²) in [7, 11) is 1.64. The van der Waals surface area contributed by atoms with Crippen molar-refractivity contribution in [1.82, 2.24) is 0 Å². The molecule has 0 aliphatic carbocycles. The van der Waals surface area contributed by atoms with E-state index in [0.29, 0.717) is 12.6 Å². The predicted octanol–water partition coefficient (Wildman–Crippen LogP) is 0.334. The lowest BCUT2D eigenvalue weighted by Crippen LogP contribution is -2.20. The van der Waals surface area contributed by atoms with Crippen molar-refractivity contribution in [2.24, 2.45) is 11.5 Å². The normalized spacial score (nSPS) is 12.3. The van der Waals surface area contributed by atoms with Crippen molar-refractivity contribution in [1.29, 1.82) is 0 Å². The number of hydrogen-bond acceptors (Lipinski definition) is 3. The average Bonchev–Trinajstić information content (AvgIpc) is 1.62. The molecule has 0 amide bonds. The molecule has 0 aromatic carbocycles. The van der Waals surface area contributed by atoms with E-state index in [9.17, 15) is 0 Å². The highest BCUT2D eigenvalue weighted by molar-refractivity contribution is 4.45. The van der Waals surface area contributed by atoms with Gasteiger partial charge in [0, 0.05) is 13.2 Å². The fourth-order valence-electron chi connectivity index (χ4n) is 0.263. The molecule has 64 valence electrons. The summed E-state index contributed by atoms with van der Waals surface area (Å²) in [5.41, 5.74) is 10.4. The predicted molar refractivity (Wildman–Crippen MR) is 44.8 cm³/mol. The molecular formula is C7H20N2O. The van der Waals surface area contributed by atoms with Gasteiger partial charge in [0.25, 0.3) is 0 Å². The highest BCUT2D eigenvalue weighted by Gasteiger charge is 1.85. The third-order valence-corrected chi connectivity index (χ3v) is 0.430. The standard InChI is InChI=1S/C4H11NO.C3H9N/c1-4(5)3-6-2;1-3(2)4/h4H,3,5H2,1-2H3;3H,4H2,1-2H3. The summed E-state index contributed by atoms with van der Waals surface area (Å²) in [6.45, 7) is 6.45. The van der Waals surface area contributed by atoms with Crippen LogP contribution in [0.5, 0.6) is 0 Å². The Balaban J connectivity index is 0. The first-order chi connectivity index (χ1) is 4.50. The van der Waals surface area contributed by atoms with Crippen LogP contribution in [0.15, 0.2) is 0 Å². The molecule has 0 aliphatic rings. The molecule has 0 radical (unpaired) electrons. The van der Waals surface area contributed by atoms with Crippen LogP contribution in [-0.4, -0.2) is 25.8 Å². The van der Waals surface area contributed by atoms with Crippen molar-refractivity contribution < 1.29 is 4.74 Å². The lowest BCUT2D eigenvalue weighted by Gasteiger charge is -1.98. The van der Waals surface area contributed by atoms with E-state index in [4.69, 9.17) is 11.5 Å². The molecule has 3 heteroatoms. The lowest BCUT2D eigenvalue weighted by molar-refractivity contribution is 0.185. The quantitative estimate of drug-likeness (QED) is 0.593. The second kappa shape index (κ2) is 8.88. The molecule has 1 unspecified atom stereocenters. The summed E-state index contributed by atoms with van der Waals surface area (Å²) in [6.07, 6.45) is 0. The van der Waals surface area contributed by atoms with E-state index in [1.165, 1.54) is 0 Å². The summed E-state index contributed by atoms with van der Waals surface area (Å²) in [5, 5.41) is 0. The molecule has 0 aliphatic heterocycles. The number of hydrogen-bond donors (Lipinski definition) is 2. The van der Waals surface area contributed by atoms with Crippen LogP contribution >= 0.6 is 0 Å². The first-order valence-electron chi connectivity index (χ1n) is 3.50. The van der Waals surface area contributed by atoms with E-state index in [0.717, 1.165) is 0 Å². The molecule has 0 bridgehead atoms. The Bertz CT molecular complexity index is 52.8. The van der Waals surface area contributed by atoms with Gasteiger partial charge in [-0.2, -0.15) is 0 Å². The van der Waals surface area contributed by atoms with E-state index in [-0.39, 0.29) is 6.04 Å². The topological polar surface area (TPSA) is 61.3 Å². The minimum absolute atomic E-state index is 0.176. The van der Waals surface area contributed by atoms with Crippen LogP contribution in [0.4, 0.5) is 0 Å². The molecule has 0 fully saturated rings. The first-order valence-corrected chi connectivity index (χ1v) is 3.50. The van der Waals surface area contributed by atoms with Gasteiger partial charge in [0.15, 0.2) is 0 Å². The highest BCUT2D eigenvalue weighted by atomic mass is 16.5. The summed E-state index contributed by atoms with van der Waals surface area (Å²) < 4.78 is 4.68. The van der Waals surface area contributed by atoms with E-state index in [2.05, 4.69) is 4.74 Å². The number of ether oxygens (including phenoxy) is 1. The van der Waals surface area contributed by atoms with Crippen molar-refractivity contribution in [3.05, 3.63) is 0 Å². The van der Waals surface area contributed by atoms with Crippen molar-refractivity contribution >= 4 is 0 Å². The monoisotopic (exact) mass is 148 g/mol. The summed E-state index contributed by atoms with van der Waals surface area (Å²) in [6, 6.07) is 0.509. The highest BCUT2D eigenvalue weighted by Crippen LogP contribution is 1.71. The number of rotatable bonds is 2. The third kappa shape index (κ3) is 45.0. The minimum Gasteiger partial charge on any atom is -0.383 e. The van der Waals surface area contributed by atoms with E-state index in [1.54, 1.807) is 7.11 Å². The van der Waals surface area contributed by atoms with Gasteiger partial charge < -0.3 is 16.2 Å². The van der Waals surface area contributed by atoms with Crippen molar-refractivity contribution in [3.63, 3.8) is 0 Å². The molecule has 0 saturated heterocycles. The first kappa shape index (κ1) is 12.5. The Hall–Kier alpha value is -0.120. The second-order valence-corrected chi connectivity index (χ2v) is 2.68. The Morgan fingerprint density at radius 1 is 1.20 bits per heavy atom. The smallest absolute Gasteiger partial charge is 0.0611 e. The number of methoxy groups -OCH3 is 1. The average molecular weight is 148 g/mol. The van der Waals surface area contributed by atoms with Gasteiger partial charge in [-0.05, 0) is 13.0 Å². The van der Waals surface area contributed by atoms with Gasteiger partial charge in [0.05, 0.1) is 6.61 Å². The minimum atomic E-state index is 0.176. The van der Waals surface area contributed by atoms with Gasteiger partial charge in [-0.15, -0.1) is 0 Å². The zero-order valence-electron chi connectivity index (χ0n) is 7.42. The van der Waals surface area contributed by atoms with Crippen LogP contribution in [0.3, 0.4) is 0 Å². The third-order valence-electron chi connectivity index (χ3n) is 0.430. The van der Waals surface area contributed by atoms with Crippen molar-refractivity contribution in [2.45, 2.75) is 32.9 Å². The van der Waals surface area contributed by atoms with Crippen LogP contribution < -0.4 is 11.5 Å². The SMILES string of the molecule is CC(C)N.COCC(C)N. The largest absolute Gasteiger partial charge is 0.383 e. The lowest BCUT2D eigenvalue weighted by atomic mass is 10.4.